The van der Waals surface area contributed by atoms with Crippen LogP contribution in [0.4, 0.5) is 0 Å². The summed E-state index contributed by atoms with van der Waals surface area (Å²) in [6, 6.07) is 16.8. The maximum absolute atomic E-state index is 10.4. The highest BCUT2D eigenvalue weighted by atomic mass is 16.7. The average molecular weight is 311 g/mol. The molecule has 23 heavy (non-hydrogen) atoms. The van der Waals surface area contributed by atoms with Crippen LogP contribution in [-0.4, -0.2) is 20.1 Å². The first-order chi connectivity index (χ1) is 11.3. The number of benzene rings is 2. The topological polar surface area (TPSA) is 47.6 Å². The summed E-state index contributed by atoms with van der Waals surface area (Å²) in [5, 5.41) is 0. The number of hydrogen-bond donors (Lipinski definition) is 1. The molecule has 3 rings (SSSR count). The number of rotatable bonds is 6. The Kier molecular flexibility index (Phi) is 4.93. The van der Waals surface area contributed by atoms with Crippen molar-refractivity contribution in [1.29, 1.82) is 0 Å². The van der Waals surface area contributed by atoms with Gasteiger partial charge in [-0.25, -0.2) is 0 Å². The van der Waals surface area contributed by atoms with Gasteiger partial charge in [-0.05, 0) is 47.6 Å². The zero-order valence-corrected chi connectivity index (χ0v) is 13.2. The third-order valence-corrected chi connectivity index (χ3v) is 4.58. The highest BCUT2D eigenvalue weighted by Gasteiger charge is 2.31. The maximum atomic E-state index is 10.4. The van der Waals surface area contributed by atoms with Crippen molar-refractivity contribution in [2.24, 2.45) is 5.92 Å². The highest BCUT2D eigenvalue weighted by Crippen LogP contribution is 2.41. The predicted octanol–water partition coefficient (Wildman–Crippen LogP) is 3.07. The summed E-state index contributed by atoms with van der Waals surface area (Å²) in [6.07, 6.45) is 2.04. The molecule has 0 aliphatic heterocycles. The molecule has 2 atom stereocenters. The second kappa shape index (κ2) is 7.29. The average Bonchev–Trinajstić information content (AvgIpc) is 2.62. The summed E-state index contributed by atoms with van der Waals surface area (Å²) >= 11 is 0. The molecule has 0 fully saturated rings. The van der Waals surface area contributed by atoms with Crippen molar-refractivity contribution in [1.82, 2.24) is 5.48 Å². The molecule has 1 N–H and O–H groups in total. The van der Waals surface area contributed by atoms with Gasteiger partial charge >= 0.3 is 6.47 Å². The van der Waals surface area contributed by atoms with Gasteiger partial charge in [0.1, 0.15) is 5.75 Å². The molecule has 0 heterocycles. The summed E-state index contributed by atoms with van der Waals surface area (Å²) in [5.74, 6) is 1.56. The monoisotopic (exact) mass is 311 g/mol. The summed E-state index contributed by atoms with van der Waals surface area (Å²) < 4.78 is 5.36. The van der Waals surface area contributed by atoms with Gasteiger partial charge in [-0.1, -0.05) is 36.4 Å². The van der Waals surface area contributed by atoms with Gasteiger partial charge in [-0.2, -0.15) is 5.48 Å². The van der Waals surface area contributed by atoms with Crippen molar-refractivity contribution in [3.05, 3.63) is 65.2 Å². The smallest absolute Gasteiger partial charge is 0.312 e. The number of hydroxylamine groups is 1. The van der Waals surface area contributed by atoms with E-state index in [1.165, 1.54) is 16.7 Å². The van der Waals surface area contributed by atoms with Crippen LogP contribution in [0.5, 0.6) is 5.75 Å². The van der Waals surface area contributed by atoms with Crippen LogP contribution in [0.15, 0.2) is 48.5 Å². The number of aryl methyl sites for hydroxylation is 1. The van der Waals surface area contributed by atoms with E-state index in [0.29, 0.717) is 18.9 Å². The molecule has 120 valence electrons. The van der Waals surface area contributed by atoms with Crippen LogP contribution in [0.1, 0.15) is 29.0 Å². The van der Waals surface area contributed by atoms with Gasteiger partial charge in [-0.3, -0.25) is 4.79 Å². The molecule has 0 bridgehead atoms. The van der Waals surface area contributed by atoms with Crippen molar-refractivity contribution in [2.75, 3.05) is 13.7 Å². The van der Waals surface area contributed by atoms with Crippen LogP contribution in [0.25, 0.3) is 0 Å². The van der Waals surface area contributed by atoms with Crippen molar-refractivity contribution >= 4 is 6.47 Å². The Bertz CT molecular complexity index is 657. The maximum Gasteiger partial charge on any atom is 0.312 e. The molecular formula is C19H21NO3. The largest absolute Gasteiger partial charge is 0.497 e. The quantitative estimate of drug-likeness (QED) is 0.506. The Balaban J connectivity index is 1.95. The van der Waals surface area contributed by atoms with Crippen LogP contribution >= 0.6 is 0 Å². The van der Waals surface area contributed by atoms with Gasteiger partial charge in [0.15, 0.2) is 0 Å². The van der Waals surface area contributed by atoms with Gasteiger partial charge < -0.3 is 9.57 Å². The number of hydrogen-bond acceptors (Lipinski definition) is 4. The van der Waals surface area contributed by atoms with E-state index in [1.54, 1.807) is 7.11 Å². The Hall–Kier alpha value is -2.33. The molecule has 2 aromatic carbocycles. The summed E-state index contributed by atoms with van der Waals surface area (Å²) in [5.41, 5.74) is 6.73. The molecule has 0 amide bonds. The van der Waals surface area contributed by atoms with E-state index in [9.17, 15) is 4.79 Å². The molecule has 4 heteroatoms. The van der Waals surface area contributed by atoms with Crippen molar-refractivity contribution in [3.8, 4) is 5.75 Å². The van der Waals surface area contributed by atoms with E-state index < -0.39 is 0 Å². The minimum absolute atomic E-state index is 0.286. The minimum atomic E-state index is 0.286. The van der Waals surface area contributed by atoms with Crippen LogP contribution in [0.2, 0.25) is 0 Å². The van der Waals surface area contributed by atoms with Crippen LogP contribution < -0.4 is 10.2 Å². The lowest BCUT2D eigenvalue weighted by Crippen LogP contribution is -2.31. The van der Waals surface area contributed by atoms with Crippen molar-refractivity contribution < 1.29 is 14.4 Å². The fourth-order valence-electron chi connectivity index (χ4n) is 3.51. The van der Waals surface area contributed by atoms with Gasteiger partial charge in [0.2, 0.25) is 0 Å². The second-order valence-corrected chi connectivity index (χ2v) is 5.81. The third-order valence-electron chi connectivity index (χ3n) is 4.58. The van der Waals surface area contributed by atoms with E-state index in [-0.39, 0.29) is 5.92 Å². The second-order valence-electron chi connectivity index (χ2n) is 5.81. The normalized spacial score (nSPS) is 19.7. The molecule has 0 saturated carbocycles. The lowest BCUT2D eigenvalue weighted by molar-refractivity contribution is -0.135. The van der Waals surface area contributed by atoms with Crippen LogP contribution in [0.3, 0.4) is 0 Å². The fraction of sp³-hybridized carbons (Fsp3) is 0.316. The fourth-order valence-corrected chi connectivity index (χ4v) is 3.51. The first-order valence-corrected chi connectivity index (χ1v) is 7.87. The Morgan fingerprint density at radius 2 is 2.04 bits per heavy atom. The van der Waals surface area contributed by atoms with E-state index >= 15 is 0 Å². The Morgan fingerprint density at radius 1 is 1.22 bits per heavy atom. The number of carbonyl (C=O) groups excluding carboxylic acids is 1. The molecule has 1 aliphatic carbocycles. The SMILES string of the molecule is COc1ccc2c(c1)CCC(CNOC=O)C2c1ccccc1. The molecule has 0 radical (unpaired) electrons. The molecular weight excluding hydrogens is 290 g/mol. The first kappa shape index (κ1) is 15.6. The number of ether oxygens (including phenoxy) is 1. The highest BCUT2D eigenvalue weighted by molar-refractivity contribution is 5.44. The van der Waals surface area contributed by atoms with Gasteiger partial charge in [0.25, 0.3) is 0 Å². The number of fused-ring (bicyclic) bond motifs is 1. The van der Waals surface area contributed by atoms with E-state index in [4.69, 9.17) is 9.57 Å². The lowest BCUT2D eigenvalue weighted by atomic mass is 9.72. The van der Waals surface area contributed by atoms with Crippen LogP contribution in [0, 0.1) is 5.92 Å². The Labute approximate surface area is 136 Å². The minimum Gasteiger partial charge on any atom is -0.497 e. The van der Waals surface area contributed by atoms with Crippen molar-refractivity contribution in [3.63, 3.8) is 0 Å². The molecule has 4 nitrogen and oxygen atoms in total. The summed E-state index contributed by atoms with van der Waals surface area (Å²) in [4.78, 5) is 15.1. The lowest BCUT2D eigenvalue weighted by Gasteiger charge is -2.34. The number of nitrogens with one attached hydrogen (secondary N) is 1. The molecule has 2 unspecified atom stereocenters. The molecule has 0 aromatic heterocycles. The zero-order chi connectivity index (χ0) is 16.1. The number of methoxy groups -OCH3 is 1. The van der Waals surface area contributed by atoms with Gasteiger partial charge in [0, 0.05) is 12.5 Å². The molecule has 0 saturated heterocycles. The molecule has 1 aliphatic rings. The summed E-state index contributed by atoms with van der Waals surface area (Å²) in [6.45, 7) is 1.07. The zero-order valence-electron chi connectivity index (χ0n) is 13.2. The molecule has 0 spiro atoms. The molecule has 2 aromatic rings. The predicted molar refractivity (Wildman–Crippen MR) is 88.2 cm³/mol. The van der Waals surface area contributed by atoms with Crippen LogP contribution in [-0.2, 0) is 16.1 Å². The van der Waals surface area contributed by atoms with Crippen molar-refractivity contribution in [2.45, 2.75) is 18.8 Å². The Morgan fingerprint density at radius 3 is 2.78 bits per heavy atom. The number of carbonyl (C=O) groups is 1. The van der Waals surface area contributed by atoms with Gasteiger partial charge in [0.05, 0.1) is 7.11 Å². The first-order valence-electron chi connectivity index (χ1n) is 7.87. The third kappa shape index (κ3) is 3.37. The van der Waals surface area contributed by atoms with E-state index in [1.807, 2.05) is 12.1 Å². The summed E-state index contributed by atoms with van der Waals surface area (Å²) in [7, 11) is 1.70. The van der Waals surface area contributed by atoms with E-state index in [2.05, 4.69) is 41.9 Å². The van der Waals surface area contributed by atoms with E-state index in [0.717, 1.165) is 18.6 Å². The van der Waals surface area contributed by atoms with Gasteiger partial charge in [-0.15, -0.1) is 0 Å². The standard InChI is InChI=1S/C19H21NO3/c1-22-17-9-10-18-15(11-17)7-8-16(12-20-23-13-21)19(18)14-5-3-2-4-6-14/h2-6,9-11,13,16,19-20H,7-8,12H2,1H3.